The van der Waals surface area contributed by atoms with E-state index in [1.165, 1.54) is 12.8 Å². The number of alkyl halides is 1. The Hall–Kier alpha value is 0.440. The van der Waals surface area contributed by atoms with Crippen molar-refractivity contribution in [3.05, 3.63) is 0 Å². The fourth-order valence-corrected chi connectivity index (χ4v) is 2.00. The quantitative estimate of drug-likeness (QED) is 0.702. The average Bonchev–Trinajstić information content (AvgIpc) is 1.84. The van der Waals surface area contributed by atoms with Crippen LogP contribution in [-0.2, 0) is 0 Å². The zero-order chi connectivity index (χ0) is 9.61. The molecule has 0 heterocycles. The average molecular weight is 237 g/mol. The van der Waals surface area contributed by atoms with Gasteiger partial charge in [-0.3, -0.25) is 0 Å². The normalized spacial score (nSPS) is 14.8. The van der Waals surface area contributed by atoms with Gasteiger partial charge in [0.25, 0.3) is 0 Å². The molecule has 2 heteroatoms. The van der Waals surface area contributed by atoms with E-state index < -0.39 is 5.60 Å². The van der Waals surface area contributed by atoms with Gasteiger partial charge < -0.3 is 5.11 Å². The third-order valence-electron chi connectivity index (χ3n) is 2.09. The number of rotatable bonds is 6. The fourth-order valence-electron chi connectivity index (χ4n) is 1.21. The minimum atomic E-state index is -0.478. The Balaban J connectivity index is 3.31. The molecule has 0 saturated carbocycles. The van der Waals surface area contributed by atoms with Crippen molar-refractivity contribution in [2.24, 2.45) is 5.92 Å². The second-order valence-corrected chi connectivity index (χ2v) is 5.08. The van der Waals surface area contributed by atoms with E-state index >= 15 is 0 Å². The highest BCUT2D eigenvalue weighted by Gasteiger charge is 2.12. The molecule has 0 aliphatic heterocycles. The summed E-state index contributed by atoms with van der Waals surface area (Å²) in [4.78, 5) is 0. The lowest BCUT2D eigenvalue weighted by atomic mass is 9.96. The van der Waals surface area contributed by atoms with Crippen molar-refractivity contribution in [1.29, 1.82) is 0 Å². The summed E-state index contributed by atoms with van der Waals surface area (Å²) in [5, 5.41) is 10.5. The monoisotopic (exact) mass is 236 g/mol. The highest BCUT2D eigenvalue weighted by molar-refractivity contribution is 9.09. The number of hydrogen-bond donors (Lipinski definition) is 1. The van der Waals surface area contributed by atoms with Crippen molar-refractivity contribution in [2.45, 2.75) is 52.1 Å². The van der Waals surface area contributed by atoms with Gasteiger partial charge in [-0.05, 0) is 32.6 Å². The van der Waals surface area contributed by atoms with Crippen molar-refractivity contribution in [3.8, 4) is 0 Å². The van der Waals surface area contributed by atoms with Crippen molar-refractivity contribution >= 4 is 15.9 Å². The van der Waals surface area contributed by atoms with Crippen molar-refractivity contribution in [3.63, 3.8) is 0 Å². The zero-order valence-electron chi connectivity index (χ0n) is 8.44. The molecule has 1 unspecified atom stereocenters. The first-order valence-electron chi connectivity index (χ1n) is 4.74. The summed E-state index contributed by atoms with van der Waals surface area (Å²) in [6.45, 7) is 6.02. The third kappa shape index (κ3) is 8.54. The molecule has 0 radical (unpaired) electrons. The Morgan fingerprint density at radius 2 is 1.92 bits per heavy atom. The van der Waals surface area contributed by atoms with Crippen LogP contribution in [0.4, 0.5) is 0 Å². The summed E-state index contributed by atoms with van der Waals surface area (Å²) in [5.41, 5.74) is -0.478. The fraction of sp³-hybridized carbons (Fsp3) is 1.00. The maximum absolute atomic E-state index is 9.45. The highest BCUT2D eigenvalue weighted by Crippen LogP contribution is 2.17. The smallest absolute Gasteiger partial charge is 0.0591 e. The summed E-state index contributed by atoms with van der Waals surface area (Å²) in [6, 6.07) is 0. The molecule has 0 aromatic rings. The molecule has 0 rings (SSSR count). The van der Waals surface area contributed by atoms with Crippen LogP contribution in [0.2, 0.25) is 0 Å². The first-order chi connectivity index (χ1) is 5.45. The Morgan fingerprint density at radius 1 is 1.33 bits per heavy atom. The summed E-state index contributed by atoms with van der Waals surface area (Å²) in [6.07, 6.45) is 4.53. The van der Waals surface area contributed by atoms with E-state index in [1.807, 2.05) is 13.8 Å². The second-order valence-electron chi connectivity index (χ2n) is 4.29. The third-order valence-corrected chi connectivity index (χ3v) is 2.55. The molecule has 0 aliphatic carbocycles. The topological polar surface area (TPSA) is 20.2 Å². The number of aliphatic hydroxyl groups is 1. The predicted octanol–water partition coefficient (Wildman–Crippen LogP) is 3.35. The largest absolute Gasteiger partial charge is 0.390 e. The summed E-state index contributed by atoms with van der Waals surface area (Å²) in [7, 11) is 0. The summed E-state index contributed by atoms with van der Waals surface area (Å²) in [5.74, 6) is 0.784. The molecule has 0 aliphatic rings. The van der Waals surface area contributed by atoms with Gasteiger partial charge in [-0.15, -0.1) is 0 Å². The Kier molecular flexibility index (Phi) is 6.20. The number of halogens is 1. The van der Waals surface area contributed by atoms with Gasteiger partial charge in [-0.25, -0.2) is 0 Å². The van der Waals surface area contributed by atoms with Crippen LogP contribution < -0.4 is 0 Å². The molecule has 0 fully saturated rings. The SMILES string of the molecule is CC(CCBr)CCCC(C)(C)O. The molecule has 0 bridgehead atoms. The molecule has 1 nitrogen and oxygen atoms in total. The molecule has 12 heavy (non-hydrogen) atoms. The van der Waals surface area contributed by atoms with Crippen LogP contribution in [0.5, 0.6) is 0 Å². The highest BCUT2D eigenvalue weighted by atomic mass is 79.9. The van der Waals surface area contributed by atoms with Crippen LogP contribution in [-0.4, -0.2) is 16.0 Å². The molecular formula is C10H21BrO. The van der Waals surface area contributed by atoms with Gasteiger partial charge >= 0.3 is 0 Å². The van der Waals surface area contributed by atoms with Crippen LogP contribution >= 0.6 is 15.9 Å². The Bertz CT molecular complexity index is 107. The molecule has 0 aromatic carbocycles. The first kappa shape index (κ1) is 12.4. The van der Waals surface area contributed by atoms with E-state index in [0.29, 0.717) is 0 Å². The molecule has 0 amide bonds. The molecule has 1 atom stereocenters. The van der Waals surface area contributed by atoms with Crippen molar-refractivity contribution in [1.82, 2.24) is 0 Å². The standard InChI is InChI=1S/C10H21BrO/c1-9(6-8-11)5-4-7-10(2,3)12/h9,12H,4-8H2,1-3H3. The maximum Gasteiger partial charge on any atom is 0.0591 e. The van der Waals surface area contributed by atoms with Gasteiger partial charge in [-0.1, -0.05) is 35.7 Å². The van der Waals surface area contributed by atoms with E-state index in [2.05, 4.69) is 22.9 Å². The summed E-state index contributed by atoms with van der Waals surface area (Å²) >= 11 is 3.43. The van der Waals surface area contributed by atoms with E-state index in [1.54, 1.807) is 0 Å². The minimum absolute atomic E-state index is 0.478. The van der Waals surface area contributed by atoms with Crippen molar-refractivity contribution in [2.75, 3.05) is 5.33 Å². The lowest BCUT2D eigenvalue weighted by molar-refractivity contribution is 0.0670. The van der Waals surface area contributed by atoms with Gasteiger partial charge in [0, 0.05) is 5.33 Å². The van der Waals surface area contributed by atoms with Gasteiger partial charge in [0.2, 0.25) is 0 Å². The maximum atomic E-state index is 9.45. The van der Waals surface area contributed by atoms with Crippen LogP contribution in [0.25, 0.3) is 0 Å². The molecule has 0 spiro atoms. The van der Waals surface area contributed by atoms with Gasteiger partial charge in [-0.2, -0.15) is 0 Å². The Morgan fingerprint density at radius 3 is 2.33 bits per heavy atom. The van der Waals surface area contributed by atoms with Crippen LogP contribution in [0.15, 0.2) is 0 Å². The van der Waals surface area contributed by atoms with E-state index in [-0.39, 0.29) is 0 Å². The van der Waals surface area contributed by atoms with Gasteiger partial charge in [0.1, 0.15) is 0 Å². The zero-order valence-corrected chi connectivity index (χ0v) is 10.0. The van der Waals surface area contributed by atoms with Crippen LogP contribution in [0, 0.1) is 5.92 Å². The van der Waals surface area contributed by atoms with Gasteiger partial charge in [0.05, 0.1) is 5.60 Å². The predicted molar refractivity (Wildman–Crippen MR) is 57.7 cm³/mol. The first-order valence-corrected chi connectivity index (χ1v) is 5.86. The molecule has 1 N–H and O–H groups in total. The van der Waals surface area contributed by atoms with Crippen molar-refractivity contribution < 1.29 is 5.11 Å². The van der Waals surface area contributed by atoms with Crippen LogP contribution in [0.1, 0.15) is 46.5 Å². The van der Waals surface area contributed by atoms with Crippen LogP contribution in [0.3, 0.4) is 0 Å². The minimum Gasteiger partial charge on any atom is -0.390 e. The summed E-state index contributed by atoms with van der Waals surface area (Å²) < 4.78 is 0. The Labute approximate surface area is 84.7 Å². The molecule has 74 valence electrons. The molecular weight excluding hydrogens is 216 g/mol. The van der Waals surface area contributed by atoms with Gasteiger partial charge in [0.15, 0.2) is 0 Å². The lowest BCUT2D eigenvalue weighted by Gasteiger charge is -2.17. The number of hydrogen-bond acceptors (Lipinski definition) is 1. The van der Waals surface area contributed by atoms with E-state index in [9.17, 15) is 5.11 Å². The van der Waals surface area contributed by atoms with E-state index in [0.717, 1.165) is 24.1 Å². The second kappa shape index (κ2) is 5.98. The van der Waals surface area contributed by atoms with E-state index in [4.69, 9.17) is 0 Å². The molecule has 0 aromatic heterocycles. The lowest BCUT2D eigenvalue weighted by Crippen LogP contribution is -2.18. The molecule has 0 saturated heterocycles.